The summed E-state index contributed by atoms with van der Waals surface area (Å²) >= 11 is 0. The summed E-state index contributed by atoms with van der Waals surface area (Å²) in [6.45, 7) is 4.42. The minimum Gasteiger partial charge on any atom is -0.478 e. The van der Waals surface area contributed by atoms with E-state index in [1.54, 1.807) is 6.08 Å². The lowest BCUT2D eigenvalue weighted by Crippen LogP contribution is -2.24. The molecule has 1 N–H and O–H groups in total. The van der Waals surface area contributed by atoms with Crippen molar-refractivity contribution in [3.05, 3.63) is 35.9 Å². The molecule has 1 atom stereocenters. The van der Waals surface area contributed by atoms with E-state index in [0.717, 1.165) is 30.3 Å². The second-order valence-electron chi connectivity index (χ2n) is 5.25. The molecule has 1 aromatic carbocycles. The van der Waals surface area contributed by atoms with Crippen LogP contribution in [0.2, 0.25) is 0 Å². The number of nitrogens with zero attached hydrogens (tertiary/aromatic N) is 1. The van der Waals surface area contributed by atoms with Crippen molar-refractivity contribution < 1.29 is 9.90 Å². The van der Waals surface area contributed by atoms with Crippen LogP contribution in [0.4, 0.5) is 5.69 Å². The molecule has 0 saturated carbocycles. The fraction of sp³-hybridized carbons (Fsp3) is 0.438. The molecule has 102 valence electrons. The van der Waals surface area contributed by atoms with Gasteiger partial charge in [-0.25, -0.2) is 4.79 Å². The van der Waals surface area contributed by atoms with Gasteiger partial charge < -0.3 is 10.0 Å². The molecule has 1 saturated heterocycles. The average molecular weight is 259 g/mol. The standard InChI is InChI=1S/C16H21NO2/c1-13-5-4-11-17(12-10-13)15-7-3-2-6-14(15)8-9-16(18)19/h2-3,6-9,13H,4-5,10-12H2,1H3,(H,18,19). The summed E-state index contributed by atoms with van der Waals surface area (Å²) in [5.41, 5.74) is 2.13. The molecule has 1 unspecified atom stereocenters. The second kappa shape index (κ2) is 6.41. The first kappa shape index (κ1) is 13.7. The van der Waals surface area contributed by atoms with Crippen molar-refractivity contribution in [3.63, 3.8) is 0 Å². The molecule has 1 aliphatic rings. The van der Waals surface area contributed by atoms with Crippen LogP contribution in [0.3, 0.4) is 0 Å². The lowest BCUT2D eigenvalue weighted by atomic mass is 10.0. The number of carboxylic acids is 1. The number of carbonyl (C=O) groups is 1. The summed E-state index contributed by atoms with van der Waals surface area (Å²) in [6.07, 6.45) is 6.59. The van der Waals surface area contributed by atoms with Crippen LogP contribution in [0.5, 0.6) is 0 Å². The molecule has 0 amide bonds. The highest BCUT2D eigenvalue weighted by Crippen LogP contribution is 2.26. The van der Waals surface area contributed by atoms with E-state index in [1.165, 1.54) is 25.3 Å². The van der Waals surface area contributed by atoms with Gasteiger partial charge in [0, 0.05) is 24.9 Å². The van der Waals surface area contributed by atoms with Crippen molar-refractivity contribution in [2.45, 2.75) is 26.2 Å². The molecule has 0 aromatic heterocycles. The molecular weight excluding hydrogens is 238 g/mol. The molecular formula is C16H21NO2. The van der Waals surface area contributed by atoms with Gasteiger partial charge in [-0.05, 0) is 42.9 Å². The van der Waals surface area contributed by atoms with E-state index in [1.807, 2.05) is 18.2 Å². The Morgan fingerprint density at radius 2 is 2.11 bits per heavy atom. The number of aliphatic carboxylic acids is 1. The zero-order valence-corrected chi connectivity index (χ0v) is 11.4. The van der Waals surface area contributed by atoms with Gasteiger partial charge in [-0.2, -0.15) is 0 Å². The number of carboxylic acid groups (broad SMARTS) is 1. The van der Waals surface area contributed by atoms with E-state index in [-0.39, 0.29) is 0 Å². The van der Waals surface area contributed by atoms with Gasteiger partial charge in [-0.1, -0.05) is 25.1 Å². The zero-order chi connectivity index (χ0) is 13.7. The molecule has 1 fully saturated rings. The van der Waals surface area contributed by atoms with Crippen molar-refractivity contribution in [2.24, 2.45) is 5.92 Å². The van der Waals surface area contributed by atoms with E-state index in [9.17, 15) is 4.79 Å². The van der Waals surface area contributed by atoms with Crippen molar-refractivity contribution in [1.82, 2.24) is 0 Å². The van der Waals surface area contributed by atoms with E-state index < -0.39 is 5.97 Å². The van der Waals surface area contributed by atoms with Crippen molar-refractivity contribution in [1.29, 1.82) is 0 Å². The maximum atomic E-state index is 10.7. The summed E-state index contributed by atoms with van der Waals surface area (Å²) in [5, 5.41) is 8.76. The maximum Gasteiger partial charge on any atom is 0.328 e. The van der Waals surface area contributed by atoms with Gasteiger partial charge >= 0.3 is 5.97 Å². The Balaban J connectivity index is 2.21. The lowest BCUT2D eigenvalue weighted by molar-refractivity contribution is -0.131. The SMILES string of the molecule is CC1CCCN(c2ccccc2C=CC(=O)O)CC1. The van der Waals surface area contributed by atoms with Crippen LogP contribution in [0.1, 0.15) is 31.7 Å². The summed E-state index contributed by atoms with van der Waals surface area (Å²) < 4.78 is 0. The van der Waals surface area contributed by atoms with Crippen LogP contribution in [0, 0.1) is 5.92 Å². The third-order valence-corrected chi connectivity index (χ3v) is 3.70. The van der Waals surface area contributed by atoms with Crippen molar-refractivity contribution in [3.8, 4) is 0 Å². The monoisotopic (exact) mass is 259 g/mol. The van der Waals surface area contributed by atoms with E-state index in [4.69, 9.17) is 5.11 Å². The third-order valence-electron chi connectivity index (χ3n) is 3.70. The average Bonchev–Trinajstić information content (AvgIpc) is 2.61. The first-order valence-electron chi connectivity index (χ1n) is 6.92. The largest absolute Gasteiger partial charge is 0.478 e. The number of rotatable bonds is 3. The number of hydrogen-bond donors (Lipinski definition) is 1. The van der Waals surface area contributed by atoms with E-state index in [0.29, 0.717) is 0 Å². The summed E-state index contributed by atoms with van der Waals surface area (Å²) in [7, 11) is 0. The highest BCUT2D eigenvalue weighted by atomic mass is 16.4. The smallest absolute Gasteiger partial charge is 0.328 e. The van der Waals surface area contributed by atoms with Crippen LogP contribution in [0.25, 0.3) is 6.08 Å². The van der Waals surface area contributed by atoms with Gasteiger partial charge in [0.25, 0.3) is 0 Å². The van der Waals surface area contributed by atoms with Crippen molar-refractivity contribution in [2.75, 3.05) is 18.0 Å². The summed E-state index contributed by atoms with van der Waals surface area (Å²) in [5.74, 6) is -0.119. The highest BCUT2D eigenvalue weighted by Gasteiger charge is 2.15. The van der Waals surface area contributed by atoms with Gasteiger partial charge in [-0.3, -0.25) is 0 Å². The van der Waals surface area contributed by atoms with Crippen molar-refractivity contribution >= 4 is 17.7 Å². The molecule has 0 spiro atoms. The topological polar surface area (TPSA) is 40.5 Å². The molecule has 3 heteroatoms. The third kappa shape index (κ3) is 3.85. The number of anilines is 1. The fourth-order valence-corrected chi connectivity index (χ4v) is 2.58. The minimum atomic E-state index is -0.903. The normalized spacial score (nSPS) is 20.5. The van der Waals surface area contributed by atoms with Crippen LogP contribution in [-0.4, -0.2) is 24.2 Å². The Morgan fingerprint density at radius 3 is 2.89 bits per heavy atom. The molecule has 3 nitrogen and oxygen atoms in total. The van der Waals surface area contributed by atoms with Gasteiger partial charge in [0.05, 0.1) is 0 Å². The molecule has 0 radical (unpaired) electrons. The van der Waals surface area contributed by atoms with Gasteiger partial charge in [0.1, 0.15) is 0 Å². The van der Waals surface area contributed by atoms with Gasteiger partial charge in [0.2, 0.25) is 0 Å². The molecule has 1 aromatic rings. The quantitative estimate of drug-likeness (QED) is 0.846. The van der Waals surface area contributed by atoms with Gasteiger partial charge in [-0.15, -0.1) is 0 Å². The minimum absolute atomic E-state index is 0.784. The molecule has 0 aliphatic carbocycles. The fourth-order valence-electron chi connectivity index (χ4n) is 2.58. The Labute approximate surface area is 114 Å². The summed E-state index contributed by atoms with van der Waals surface area (Å²) in [6, 6.07) is 8.02. The first-order valence-corrected chi connectivity index (χ1v) is 6.92. The molecule has 1 heterocycles. The summed E-state index contributed by atoms with van der Waals surface area (Å²) in [4.78, 5) is 13.0. The Morgan fingerprint density at radius 1 is 1.32 bits per heavy atom. The Hall–Kier alpha value is -1.77. The zero-order valence-electron chi connectivity index (χ0n) is 11.4. The Bertz CT molecular complexity index is 468. The predicted octanol–water partition coefficient (Wildman–Crippen LogP) is 3.41. The molecule has 19 heavy (non-hydrogen) atoms. The molecule has 1 aliphatic heterocycles. The maximum absolute atomic E-state index is 10.7. The number of hydrogen-bond acceptors (Lipinski definition) is 2. The van der Waals surface area contributed by atoms with Crippen LogP contribution in [0.15, 0.2) is 30.3 Å². The number of benzene rings is 1. The second-order valence-corrected chi connectivity index (χ2v) is 5.25. The molecule has 2 rings (SSSR count). The van der Waals surface area contributed by atoms with Crippen LogP contribution >= 0.6 is 0 Å². The van der Waals surface area contributed by atoms with Gasteiger partial charge in [0.15, 0.2) is 0 Å². The van der Waals surface area contributed by atoms with Crippen LogP contribution in [-0.2, 0) is 4.79 Å². The lowest BCUT2D eigenvalue weighted by Gasteiger charge is -2.24. The van der Waals surface area contributed by atoms with E-state index in [2.05, 4.69) is 17.9 Å². The first-order chi connectivity index (χ1) is 9.16. The Kier molecular flexibility index (Phi) is 4.61. The molecule has 0 bridgehead atoms. The van der Waals surface area contributed by atoms with E-state index >= 15 is 0 Å². The number of para-hydroxylation sites is 1. The predicted molar refractivity (Wildman–Crippen MR) is 78.3 cm³/mol. The van der Waals surface area contributed by atoms with Crippen LogP contribution < -0.4 is 4.90 Å². The highest BCUT2D eigenvalue weighted by molar-refractivity contribution is 5.87.